The summed E-state index contributed by atoms with van der Waals surface area (Å²) in [6, 6.07) is 18.9. The molecule has 4 rings (SSSR count). The Bertz CT molecular complexity index is 990. The van der Waals surface area contributed by atoms with Crippen LogP contribution in [0.15, 0.2) is 79.4 Å². The second kappa shape index (κ2) is 12.1. The highest BCUT2D eigenvalue weighted by Gasteiger charge is 2.46. The van der Waals surface area contributed by atoms with E-state index in [1.165, 1.54) is 16.7 Å². The molecular formula is C30H38N4O. The van der Waals surface area contributed by atoms with Crippen molar-refractivity contribution in [3.8, 4) is 0 Å². The lowest BCUT2D eigenvalue weighted by Gasteiger charge is -2.42. The van der Waals surface area contributed by atoms with Gasteiger partial charge in [-0.15, -0.1) is 0 Å². The first-order valence-electron chi connectivity index (χ1n) is 12.9. The van der Waals surface area contributed by atoms with Gasteiger partial charge in [0.25, 0.3) is 0 Å². The Kier molecular flexibility index (Phi) is 8.64. The molecule has 0 radical (unpaired) electrons. The number of aryl methyl sites for hydroxylation is 2. The summed E-state index contributed by atoms with van der Waals surface area (Å²) in [5, 5.41) is 0. The van der Waals surface area contributed by atoms with E-state index < -0.39 is 5.54 Å². The zero-order valence-corrected chi connectivity index (χ0v) is 21.1. The maximum Gasteiger partial charge on any atom is 0.243 e. The molecule has 5 nitrogen and oxygen atoms in total. The van der Waals surface area contributed by atoms with Crippen molar-refractivity contribution in [1.29, 1.82) is 0 Å². The Labute approximate surface area is 210 Å². The predicted octanol–water partition coefficient (Wildman–Crippen LogP) is 5.31. The van der Waals surface area contributed by atoms with Gasteiger partial charge in [-0.2, -0.15) is 0 Å². The van der Waals surface area contributed by atoms with Gasteiger partial charge in [0.15, 0.2) is 0 Å². The van der Waals surface area contributed by atoms with E-state index in [1.807, 2.05) is 30.9 Å². The molecule has 0 atom stereocenters. The maximum absolute atomic E-state index is 14.4. The normalized spacial score (nSPS) is 15.0. The fraction of sp³-hybridized carbons (Fsp3) is 0.433. The molecule has 2 heterocycles. The molecule has 0 saturated heterocycles. The lowest BCUT2D eigenvalue weighted by atomic mass is 9.90. The number of pyridine rings is 2. The lowest BCUT2D eigenvalue weighted by molar-refractivity contribution is -0.146. The van der Waals surface area contributed by atoms with Crippen molar-refractivity contribution in [1.82, 2.24) is 19.8 Å². The van der Waals surface area contributed by atoms with Gasteiger partial charge in [0, 0.05) is 37.4 Å². The van der Waals surface area contributed by atoms with Gasteiger partial charge in [0.05, 0.1) is 0 Å². The number of aromatic nitrogens is 2. The molecule has 5 heteroatoms. The van der Waals surface area contributed by atoms with E-state index in [1.54, 1.807) is 0 Å². The average molecular weight is 471 g/mol. The molecule has 0 unspecified atom stereocenters. The van der Waals surface area contributed by atoms with Crippen LogP contribution in [0.3, 0.4) is 0 Å². The van der Waals surface area contributed by atoms with Crippen molar-refractivity contribution >= 4 is 5.91 Å². The molecule has 35 heavy (non-hydrogen) atoms. The molecular weight excluding hydrogens is 432 g/mol. The minimum atomic E-state index is -0.402. The van der Waals surface area contributed by atoms with E-state index in [2.05, 4.69) is 82.4 Å². The Morgan fingerprint density at radius 2 is 1.31 bits per heavy atom. The molecule has 1 aliphatic rings. The van der Waals surface area contributed by atoms with Gasteiger partial charge in [-0.25, -0.2) is 0 Å². The molecule has 1 saturated carbocycles. The molecule has 2 aromatic heterocycles. The summed E-state index contributed by atoms with van der Waals surface area (Å²) in [4.78, 5) is 27.2. The summed E-state index contributed by atoms with van der Waals surface area (Å²) < 4.78 is 0. The Hall–Kier alpha value is -3.05. The highest BCUT2D eigenvalue weighted by molar-refractivity contribution is 5.87. The molecule has 0 aliphatic heterocycles. The van der Waals surface area contributed by atoms with E-state index in [9.17, 15) is 4.79 Å². The summed E-state index contributed by atoms with van der Waals surface area (Å²) >= 11 is 0. The summed E-state index contributed by atoms with van der Waals surface area (Å²) in [6.07, 6.45) is 15.2. The zero-order valence-electron chi connectivity index (χ0n) is 21.1. The molecule has 0 spiro atoms. The third-order valence-corrected chi connectivity index (χ3v) is 7.61. The second-order valence-corrected chi connectivity index (χ2v) is 9.99. The van der Waals surface area contributed by atoms with E-state index in [4.69, 9.17) is 0 Å². The van der Waals surface area contributed by atoms with Crippen LogP contribution in [0.25, 0.3) is 0 Å². The highest BCUT2D eigenvalue weighted by Crippen LogP contribution is 2.37. The fourth-order valence-electron chi connectivity index (χ4n) is 5.45. The average Bonchev–Trinajstić information content (AvgIpc) is 3.41. The number of hydrogen-bond donors (Lipinski definition) is 0. The van der Waals surface area contributed by atoms with Crippen molar-refractivity contribution in [2.45, 2.75) is 69.5 Å². The minimum Gasteiger partial charge on any atom is -0.334 e. The van der Waals surface area contributed by atoms with Crippen molar-refractivity contribution in [3.05, 3.63) is 96.1 Å². The third kappa shape index (κ3) is 6.34. The standard InChI is InChI=1S/C30H38N4O/c1-33(2)30(18-6-7-19-30)29(35)34(24-27-8-4-3-5-9-27)28(12-10-25-14-20-31-21-15-25)13-11-26-16-22-32-23-17-26/h3-5,8-9,14-17,20-23,28H,6-7,10-13,18-19,24H2,1-2H3. The van der Waals surface area contributed by atoms with Crippen LogP contribution in [0.1, 0.15) is 55.2 Å². The van der Waals surface area contributed by atoms with Crippen LogP contribution < -0.4 is 0 Å². The van der Waals surface area contributed by atoms with Gasteiger partial charge in [-0.05, 0) is 93.6 Å². The number of nitrogens with zero attached hydrogens (tertiary/aromatic N) is 4. The molecule has 3 aromatic rings. The largest absolute Gasteiger partial charge is 0.334 e. The SMILES string of the molecule is CN(C)C1(C(=O)N(Cc2ccccc2)C(CCc2ccncc2)CCc2ccncc2)CCCC1. The van der Waals surface area contributed by atoms with Crippen LogP contribution in [0.2, 0.25) is 0 Å². The van der Waals surface area contributed by atoms with Gasteiger partial charge in [-0.3, -0.25) is 19.7 Å². The van der Waals surface area contributed by atoms with Crippen LogP contribution in [-0.4, -0.2) is 51.4 Å². The third-order valence-electron chi connectivity index (χ3n) is 7.61. The number of hydrogen-bond acceptors (Lipinski definition) is 4. The van der Waals surface area contributed by atoms with Crippen molar-refractivity contribution < 1.29 is 4.79 Å². The minimum absolute atomic E-state index is 0.140. The van der Waals surface area contributed by atoms with Gasteiger partial charge < -0.3 is 4.90 Å². The molecule has 1 amide bonds. The number of carbonyl (C=O) groups excluding carboxylic acids is 1. The fourth-order valence-corrected chi connectivity index (χ4v) is 5.45. The first-order chi connectivity index (χ1) is 17.1. The highest BCUT2D eigenvalue weighted by atomic mass is 16.2. The van der Waals surface area contributed by atoms with Crippen molar-refractivity contribution in [2.24, 2.45) is 0 Å². The summed E-state index contributed by atoms with van der Waals surface area (Å²) in [5.74, 6) is 0.290. The van der Waals surface area contributed by atoms with E-state index >= 15 is 0 Å². The smallest absolute Gasteiger partial charge is 0.243 e. The number of carbonyl (C=O) groups is 1. The Morgan fingerprint density at radius 3 is 1.80 bits per heavy atom. The first kappa shape index (κ1) is 25.1. The molecule has 184 valence electrons. The van der Waals surface area contributed by atoms with Gasteiger partial charge >= 0.3 is 0 Å². The van der Waals surface area contributed by atoms with Crippen LogP contribution in [0, 0.1) is 0 Å². The van der Waals surface area contributed by atoms with Crippen molar-refractivity contribution in [3.63, 3.8) is 0 Å². The first-order valence-corrected chi connectivity index (χ1v) is 12.9. The van der Waals surface area contributed by atoms with Crippen LogP contribution in [-0.2, 0) is 24.2 Å². The summed E-state index contributed by atoms with van der Waals surface area (Å²) in [7, 11) is 4.15. The molecule has 1 aromatic carbocycles. The molecule has 1 fully saturated rings. The van der Waals surface area contributed by atoms with E-state index in [0.717, 1.165) is 51.4 Å². The number of likely N-dealkylation sites (N-methyl/N-ethyl adjacent to an activating group) is 1. The van der Waals surface area contributed by atoms with E-state index in [0.29, 0.717) is 12.5 Å². The monoisotopic (exact) mass is 470 g/mol. The zero-order chi connectivity index (χ0) is 24.5. The number of benzene rings is 1. The second-order valence-electron chi connectivity index (χ2n) is 9.99. The number of amides is 1. The Balaban J connectivity index is 1.64. The summed E-state index contributed by atoms with van der Waals surface area (Å²) in [6.45, 7) is 0.645. The van der Waals surface area contributed by atoms with Gasteiger partial charge in [0.2, 0.25) is 5.91 Å². The summed E-state index contributed by atoms with van der Waals surface area (Å²) in [5.41, 5.74) is 3.32. The van der Waals surface area contributed by atoms with Crippen LogP contribution in [0.4, 0.5) is 0 Å². The maximum atomic E-state index is 14.4. The molecule has 0 N–H and O–H groups in total. The molecule has 0 bridgehead atoms. The predicted molar refractivity (Wildman–Crippen MR) is 141 cm³/mol. The van der Waals surface area contributed by atoms with Gasteiger partial charge in [-0.1, -0.05) is 43.2 Å². The lowest BCUT2D eigenvalue weighted by Crippen LogP contribution is -2.57. The van der Waals surface area contributed by atoms with Crippen molar-refractivity contribution in [2.75, 3.05) is 14.1 Å². The molecule has 1 aliphatic carbocycles. The van der Waals surface area contributed by atoms with E-state index in [-0.39, 0.29) is 6.04 Å². The topological polar surface area (TPSA) is 49.3 Å². The van der Waals surface area contributed by atoms with Gasteiger partial charge in [0.1, 0.15) is 5.54 Å². The quantitative estimate of drug-likeness (QED) is 0.381. The number of rotatable bonds is 11. The van der Waals surface area contributed by atoms with Crippen LogP contribution >= 0.6 is 0 Å². The van der Waals surface area contributed by atoms with Crippen LogP contribution in [0.5, 0.6) is 0 Å². The Morgan fingerprint density at radius 1 is 0.800 bits per heavy atom.